The number of carbonyl (C=O) groups excluding carboxylic acids is 1. The van der Waals surface area contributed by atoms with Crippen molar-refractivity contribution >= 4 is 6.03 Å². The third kappa shape index (κ3) is 4.30. The number of benzene rings is 1. The van der Waals surface area contributed by atoms with E-state index in [1.54, 1.807) is 0 Å². The molecule has 0 radical (unpaired) electrons. The van der Waals surface area contributed by atoms with Crippen molar-refractivity contribution in [1.82, 2.24) is 25.0 Å². The van der Waals surface area contributed by atoms with Crippen molar-refractivity contribution in [1.29, 1.82) is 0 Å². The van der Waals surface area contributed by atoms with E-state index in [1.165, 1.54) is 5.56 Å². The van der Waals surface area contributed by atoms with Crippen LogP contribution in [-0.4, -0.2) is 43.9 Å². The van der Waals surface area contributed by atoms with Crippen LogP contribution in [0.4, 0.5) is 4.79 Å². The van der Waals surface area contributed by atoms with Crippen molar-refractivity contribution in [3.63, 3.8) is 0 Å². The normalized spacial score (nSPS) is 16.4. The highest BCUT2D eigenvalue weighted by Gasteiger charge is 2.27. The second-order valence-electron chi connectivity index (χ2n) is 7.22. The fraction of sp³-hybridized carbons (Fsp3) is 0.550. The van der Waals surface area contributed by atoms with Gasteiger partial charge >= 0.3 is 6.03 Å². The van der Waals surface area contributed by atoms with Crippen LogP contribution < -0.4 is 5.32 Å². The zero-order chi connectivity index (χ0) is 19.4. The van der Waals surface area contributed by atoms with E-state index < -0.39 is 0 Å². The Morgan fingerprint density at radius 3 is 2.48 bits per heavy atom. The standard InChI is InChI=1S/C20H29N5O2/c1-4-15-5-7-16(8-6-15)14(2)21-20(27)25-11-9-17(10-12-25)19-23-22-18(13-26)24(19)3/h5-8,14,17,26H,4,9-13H2,1-3H3,(H,21,27)/t14-/m0/s1. The highest BCUT2D eigenvalue weighted by Crippen LogP contribution is 2.27. The highest BCUT2D eigenvalue weighted by molar-refractivity contribution is 5.74. The van der Waals surface area contributed by atoms with Gasteiger partial charge in [-0.3, -0.25) is 0 Å². The third-order valence-corrected chi connectivity index (χ3v) is 5.52. The van der Waals surface area contributed by atoms with Crippen LogP contribution in [0.15, 0.2) is 24.3 Å². The maximum Gasteiger partial charge on any atom is 0.317 e. The zero-order valence-electron chi connectivity index (χ0n) is 16.4. The van der Waals surface area contributed by atoms with Gasteiger partial charge in [-0.15, -0.1) is 10.2 Å². The first-order valence-corrected chi connectivity index (χ1v) is 9.66. The first-order valence-electron chi connectivity index (χ1n) is 9.66. The summed E-state index contributed by atoms with van der Waals surface area (Å²) in [6.07, 6.45) is 2.72. The first kappa shape index (κ1) is 19.4. The fourth-order valence-electron chi connectivity index (χ4n) is 3.61. The Morgan fingerprint density at radius 1 is 1.26 bits per heavy atom. The predicted octanol–water partition coefficient (Wildman–Crippen LogP) is 2.52. The summed E-state index contributed by atoms with van der Waals surface area (Å²) >= 11 is 0. The van der Waals surface area contributed by atoms with Gasteiger partial charge in [-0.25, -0.2) is 4.79 Å². The van der Waals surface area contributed by atoms with Crippen molar-refractivity contribution in [2.45, 2.75) is 51.7 Å². The topological polar surface area (TPSA) is 83.3 Å². The molecule has 1 aliphatic rings. The molecule has 7 nitrogen and oxygen atoms in total. The van der Waals surface area contributed by atoms with Crippen molar-refractivity contribution in [2.24, 2.45) is 7.05 Å². The average Bonchev–Trinajstić information content (AvgIpc) is 3.08. The molecule has 1 aromatic carbocycles. The number of nitrogens with one attached hydrogen (secondary N) is 1. The van der Waals surface area contributed by atoms with Crippen LogP contribution in [0.1, 0.15) is 61.4 Å². The minimum absolute atomic E-state index is 0.0190. The number of aliphatic hydroxyl groups excluding tert-OH is 1. The van der Waals surface area contributed by atoms with Crippen LogP contribution >= 0.6 is 0 Å². The first-order chi connectivity index (χ1) is 13.0. The Kier molecular flexibility index (Phi) is 6.11. The molecule has 1 aromatic heterocycles. The van der Waals surface area contributed by atoms with Crippen molar-refractivity contribution in [3.8, 4) is 0 Å². The van der Waals surface area contributed by atoms with Gasteiger partial charge in [0.05, 0.1) is 6.04 Å². The Balaban J connectivity index is 1.54. The Morgan fingerprint density at radius 2 is 1.93 bits per heavy atom. The van der Waals surface area contributed by atoms with Crippen molar-refractivity contribution in [3.05, 3.63) is 47.0 Å². The van der Waals surface area contributed by atoms with Gasteiger partial charge < -0.3 is 19.9 Å². The van der Waals surface area contributed by atoms with E-state index in [4.69, 9.17) is 0 Å². The van der Waals surface area contributed by atoms with Gasteiger partial charge in [0.1, 0.15) is 12.4 Å². The summed E-state index contributed by atoms with van der Waals surface area (Å²) in [6.45, 7) is 5.43. The molecule has 0 unspecified atom stereocenters. The van der Waals surface area contributed by atoms with E-state index in [-0.39, 0.29) is 24.6 Å². The molecule has 1 aliphatic heterocycles. The second kappa shape index (κ2) is 8.52. The number of aliphatic hydroxyl groups is 1. The molecular weight excluding hydrogens is 342 g/mol. The molecule has 146 valence electrons. The van der Waals surface area contributed by atoms with E-state index in [2.05, 4.69) is 46.7 Å². The molecule has 3 rings (SSSR count). The zero-order valence-corrected chi connectivity index (χ0v) is 16.4. The molecule has 2 heterocycles. The number of hydrogen-bond acceptors (Lipinski definition) is 4. The molecule has 1 saturated heterocycles. The predicted molar refractivity (Wildman–Crippen MR) is 103 cm³/mol. The molecule has 2 aromatic rings. The lowest BCUT2D eigenvalue weighted by Gasteiger charge is -2.32. The maximum atomic E-state index is 12.6. The van der Waals surface area contributed by atoms with Crippen LogP contribution in [0, 0.1) is 0 Å². The van der Waals surface area contributed by atoms with Crippen LogP contribution in [-0.2, 0) is 20.1 Å². The molecule has 7 heteroatoms. The minimum Gasteiger partial charge on any atom is -0.388 e. The van der Waals surface area contributed by atoms with E-state index >= 15 is 0 Å². The van der Waals surface area contributed by atoms with E-state index in [1.807, 2.05) is 23.4 Å². The van der Waals surface area contributed by atoms with Gasteiger partial charge in [-0.2, -0.15) is 0 Å². The highest BCUT2D eigenvalue weighted by atomic mass is 16.3. The number of aromatic nitrogens is 3. The van der Waals surface area contributed by atoms with Gasteiger partial charge in [-0.05, 0) is 37.3 Å². The average molecular weight is 371 g/mol. The van der Waals surface area contributed by atoms with Crippen LogP contribution in [0.2, 0.25) is 0 Å². The minimum atomic E-state index is -0.109. The summed E-state index contributed by atoms with van der Waals surface area (Å²) in [4.78, 5) is 14.5. The number of nitrogens with zero attached hydrogens (tertiary/aromatic N) is 4. The number of rotatable bonds is 5. The molecule has 0 saturated carbocycles. The molecule has 0 bridgehead atoms. The lowest BCUT2D eigenvalue weighted by Crippen LogP contribution is -2.45. The fourth-order valence-corrected chi connectivity index (χ4v) is 3.61. The Hall–Kier alpha value is -2.41. The summed E-state index contributed by atoms with van der Waals surface area (Å²) in [5, 5.41) is 20.6. The number of piperidine rings is 1. The molecule has 0 aliphatic carbocycles. The van der Waals surface area contributed by atoms with E-state index in [0.717, 1.165) is 30.7 Å². The summed E-state index contributed by atoms with van der Waals surface area (Å²) < 4.78 is 1.86. The van der Waals surface area contributed by atoms with Crippen LogP contribution in [0.25, 0.3) is 0 Å². The van der Waals surface area contributed by atoms with Gasteiger partial charge in [0.2, 0.25) is 0 Å². The molecule has 27 heavy (non-hydrogen) atoms. The summed E-state index contributed by atoms with van der Waals surface area (Å²) in [5.41, 5.74) is 2.42. The monoisotopic (exact) mass is 371 g/mol. The van der Waals surface area contributed by atoms with Gasteiger partial charge in [-0.1, -0.05) is 31.2 Å². The van der Waals surface area contributed by atoms with Crippen LogP contribution in [0.5, 0.6) is 0 Å². The molecular formula is C20H29N5O2. The second-order valence-corrected chi connectivity index (χ2v) is 7.22. The summed E-state index contributed by atoms with van der Waals surface area (Å²) in [6, 6.07) is 8.36. The number of urea groups is 1. The van der Waals surface area contributed by atoms with E-state index in [0.29, 0.717) is 18.9 Å². The molecule has 2 N–H and O–H groups in total. The maximum absolute atomic E-state index is 12.6. The largest absolute Gasteiger partial charge is 0.388 e. The van der Waals surface area contributed by atoms with Crippen molar-refractivity contribution in [2.75, 3.05) is 13.1 Å². The number of carbonyl (C=O) groups is 1. The number of amides is 2. The van der Waals surface area contributed by atoms with Crippen molar-refractivity contribution < 1.29 is 9.90 Å². The Labute approximate surface area is 160 Å². The summed E-state index contributed by atoms with van der Waals surface area (Å²) in [7, 11) is 1.88. The van der Waals surface area contributed by atoms with Gasteiger partial charge in [0, 0.05) is 26.1 Å². The smallest absolute Gasteiger partial charge is 0.317 e. The summed E-state index contributed by atoms with van der Waals surface area (Å²) in [5.74, 6) is 1.74. The van der Waals surface area contributed by atoms with Gasteiger partial charge in [0.25, 0.3) is 0 Å². The van der Waals surface area contributed by atoms with E-state index in [9.17, 15) is 9.90 Å². The van der Waals surface area contributed by atoms with Gasteiger partial charge in [0.15, 0.2) is 5.82 Å². The lowest BCUT2D eigenvalue weighted by atomic mass is 9.96. The molecule has 1 atom stereocenters. The number of likely N-dealkylation sites (tertiary alicyclic amines) is 1. The molecule has 1 fully saturated rings. The molecule has 2 amide bonds. The number of hydrogen-bond donors (Lipinski definition) is 2. The Bertz CT molecular complexity index is 763. The quantitative estimate of drug-likeness (QED) is 0.846. The third-order valence-electron chi connectivity index (χ3n) is 5.52. The van der Waals surface area contributed by atoms with Crippen LogP contribution in [0.3, 0.4) is 0 Å². The SMILES string of the molecule is CCc1ccc([C@H](C)NC(=O)N2CCC(c3nnc(CO)n3C)CC2)cc1. The number of aryl methyl sites for hydroxylation is 1. The molecule has 0 spiro atoms. The lowest BCUT2D eigenvalue weighted by molar-refractivity contribution is 0.177.